The summed E-state index contributed by atoms with van der Waals surface area (Å²) in [5, 5.41) is 9.72. The van der Waals surface area contributed by atoms with E-state index in [2.05, 4.69) is 27.1 Å². The Hall–Kier alpha value is -3.76. The minimum absolute atomic E-state index is 0.0000909. The molecule has 0 unspecified atom stereocenters. The fraction of sp³-hybridized carbons (Fsp3) is 0.167. The molecule has 1 fully saturated rings. The first-order valence-electron chi connectivity index (χ1n) is 10.8. The van der Waals surface area contributed by atoms with Gasteiger partial charge >= 0.3 is 0 Å². The van der Waals surface area contributed by atoms with Crippen molar-refractivity contribution in [2.45, 2.75) is 12.0 Å². The van der Waals surface area contributed by atoms with Gasteiger partial charge in [0, 0.05) is 30.4 Å². The lowest BCUT2D eigenvalue weighted by molar-refractivity contribution is -0.125. The quantitative estimate of drug-likeness (QED) is 0.294. The van der Waals surface area contributed by atoms with Crippen molar-refractivity contribution in [2.24, 2.45) is 0 Å². The van der Waals surface area contributed by atoms with Gasteiger partial charge in [-0.3, -0.25) is 19.3 Å². The maximum absolute atomic E-state index is 15.2. The second-order valence-electron chi connectivity index (χ2n) is 8.36. The third kappa shape index (κ3) is 3.92. The van der Waals surface area contributed by atoms with Gasteiger partial charge in [0.15, 0.2) is 5.82 Å². The van der Waals surface area contributed by atoms with Crippen LogP contribution in [0, 0.1) is 11.6 Å². The van der Waals surface area contributed by atoms with Crippen LogP contribution in [-0.4, -0.2) is 43.6 Å². The Morgan fingerprint density at radius 1 is 1.22 bits per heavy atom. The number of amides is 1. The fourth-order valence-corrected chi connectivity index (χ4v) is 5.05. The Kier molecular flexibility index (Phi) is 6.01. The third-order valence-corrected chi connectivity index (χ3v) is 7.03. The van der Waals surface area contributed by atoms with E-state index in [-0.39, 0.29) is 57.6 Å². The van der Waals surface area contributed by atoms with Crippen molar-refractivity contribution in [3.63, 3.8) is 0 Å². The van der Waals surface area contributed by atoms with Gasteiger partial charge in [-0.1, -0.05) is 29.8 Å². The molecule has 4 aromatic rings. The van der Waals surface area contributed by atoms with Crippen molar-refractivity contribution in [1.82, 2.24) is 24.6 Å². The molecule has 12 heteroatoms. The van der Waals surface area contributed by atoms with Gasteiger partial charge in [0.05, 0.1) is 27.2 Å². The standard InChI is InChI=1S/C24H18Cl2F2N6O2/c1-2-19(35)33-8-6-24(11-33,20-16(27)4-3-15(25)21(20)26)31-13-9-14-22(17(28)10-13)29-12-34(23(14)36)18-5-7-30-32-18/h2-5,7,9-10,12,31H,1,6,8,11H2,(H,30,32)/t24-/m1/s1. The van der Waals surface area contributed by atoms with Gasteiger partial charge in [-0.15, -0.1) is 0 Å². The monoisotopic (exact) mass is 530 g/mol. The summed E-state index contributed by atoms with van der Waals surface area (Å²) < 4.78 is 31.5. The lowest BCUT2D eigenvalue weighted by Crippen LogP contribution is -2.41. The highest BCUT2D eigenvalue weighted by atomic mass is 35.5. The van der Waals surface area contributed by atoms with Crippen molar-refractivity contribution < 1.29 is 13.6 Å². The van der Waals surface area contributed by atoms with Gasteiger partial charge in [0.2, 0.25) is 5.91 Å². The summed E-state index contributed by atoms with van der Waals surface area (Å²) in [6, 6.07) is 6.66. The number of carbonyl (C=O) groups is 1. The number of rotatable bonds is 5. The Morgan fingerprint density at radius 2 is 2.03 bits per heavy atom. The van der Waals surface area contributed by atoms with Crippen molar-refractivity contribution >= 4 is 45.7 Å². The third-order valence-electron chi connectivity index (χ3n) is 6.22. The second kappa shape index (κ2) is 9.03. The molecular formula is C24H18Cl2F2N6O2. The molecule has 0 saturated carbocycles. The van der Waals surface area contributed by atoms with Crippen LogP contribution in [0.4, 0.5) is 14.5 Å². The molecule has 36 heavy (non-hydrogen) atoms. The molecule has 0 spiro atoms. The van der Waals surface area contributed by atoms with E-state index in [1.165, 1.54) is 40.2 Å². The largest absolute Gasteiger partial charge is 0.373 e. The zero-order valence-electron chi connectivity index (χ0n) is 18.6. The number of aromatic amines is 1. The van der Waals surface area contributed by atoms with Gasteiger partial charge in [0.1, 0.15) is 23.5 Å². The number of carbonyl (C=O) groups excluding carboxylic acids is 1. The smallest absolute Gasteiger partial charge is 0.267 e. The summed E-state index contributed by atoms with van der Waals surface area (Å²) >= 11 is 12.6. The molecule has 8 nitrogen and oxygen atoms in total. The highest BCUT2D eigenvalue weighted by Gasteiger charge is 2.44. The molecule has 2 aromatic carbocycles. The van der Waals surface area contributed by atoms with Gasteiger partial charge in [-0.05, 0) is 36.8 Å². The Labute approximate surface area is 213 Å². The minimum Gasteiger partial charge on any atom is -0.373 e. The van der Waals surface area contributed by atoms with Gasteiger partial charge in [-0.25, -0.2) is 13.8 Å². The number of halogens is 4. The highest BCUT2D eigenvalue weighted by Crippen LogP contribution is 2.43. The number of aromatic nitrogens is 4. The molecule has 3 heterocycles. The SMILES string of the molecule is C=CC(=O)N1CC[C@](Nc2cc(F)c3ncn(-c4ccn[nH]4)c(=O)c3c2)(c2c(F)ccc(Cl)c2Cl)C1. The minimum atomic E-state index is -1.27. The number of nitrogens with zero attached hydrogens (tertiary/aromatic N) is 4. The highest BCUT2D eigenvalue weighted by molar-refractivity contribution is 6.42. The average Bonchev–Trinajstić information content (AvgIpc) is 3.53. The summed E-state index contributed by atoms with van der Waals surface area (Å²) in [5.74, 6) is -1.40. The first kappa shape index (κ1) is 24.0. The Balaban J connectivity index is 1.66. The van der Waals surface area contributed by atoms with Crippen molar-refractivity contribution in [3.8, 4) is 5.82 Å². The maximum atomic E-state index is 15.2. The van der Waals surface area contributed by atoms with Crippen LogP contribution in [0.15, 0.2) is 60.3 Å². The number of anilines is 1. The molecule has 0 bridgehead atoms. The first-order valence-corrected chi connectivity index (χ1v) is 11.5. The van der Waals surface area contributed by atoms with Crippen LogP contribution in [-0.2, 0) is 10.3 Å². The predicted octanol–water partition coefficient (Wildman–Crippen LogP) is 4.42. The van der Waals surface area contributed by atoms with Crippen LogP contribution in [0.2, 0.25) is 10.0 Å². The van der Waals surface area contributed by atoms with Gasteiger partial charge in [0.25, 0.3) is 5.56 Å². The number of benzene rings is 2. The van der Waals surface area contributed by atoms with Gasteiger partial charge < -0.3 is 10.2 Å². The van der Waals surface area contributed by atoms with Gasteiger partial charge in [-0.2, -0.15) is 5.10 Å². The summed E-state index contributed by atoms with van der Waals surface area (Å²) in [6.07, 6.45) is 4.06. The van der Waals surface area contributed by atoms with Crippen molar-refractivity contribution in [1.29, 1.82) is 0 Å². The molecule has 2 aromatic heterocycles. The number of hydrogen-bond acceptors (Lipinski definition) is 5. The topological polar surface area (TPSA) is 95.9 Å². The van der Waals surface area contributed by atoms with E-state index < -0.39 is 22.7 Å². The molecule has 1 saturated heterocycles. The Bertz CT molecular complexity index is 1570. The summed E-state index contributed by atoms with van der Waals surface area (Å²) in [6.45, 7) is 3.76. The number of H-pyrrole nitrogens is 1. The van der Waals surface area contributed by atoms with Crippen LogP contribution in [0.3, 0.4) is 0 Å². The van der Waals surface area contributed by atoms with E-state index in [0.29, 0.717) is 5.82 Å². The van der Waals surface area contributed by atoms with E-state index in [0.717, 1.165) is 12.1 Å². The van der Waals surface area contributed by atoms with E-state index in [9.17, 15) is 9.59 Å². The lowest BCUT2D eigenvalue weighted by atomic mass is 9.87. The fourth-order valence-electron chi connectivity index (χ4n) is 4.56. The zero-order valence-corrected chi connectivity index (χ0v) is 20.1. The van der Waals surface area contributed by atoms with E-state index in [1.54, 1.807) is 6.07 Å². The second-order valence-corrected chi connectivity index (χ2v) is 9.14. The molecular weight excluding hydrogens is 513 g/mol. The lowest BCUT2D eigenvalue weighted by Gasteiger charge is -2.33. The van der Waals surface area contributed by atoms with Crippen LogP contribution in [0.1, 0.15) is 12.0 Å². The summed E-state index contributed by atoms with van der Waals surface area (Å²) in [4.78, 5) is 31.1. The summed E-state index contributed by atoms with van der Waals surface area (Å²) in [5.41, 5.74) is -1.72. The molecule has 0 aliphatic carbocycles. The molecule has 1 atom stereocenters. The van der Waals surface area contributed by atoms with Crippen molar-refractivity contribution in [3.05, 3.63) is 93.1 Å². The molecule has 0 radical (unpaired) electrons. The summed E-state index contributed by atoms with van der Waals surface area (Å²) in [7, 11) is 0. The van der Waals surface area contributed by atoms with E-state index in [1.807, 2.05) is 0 Å². The van der Waals surface area contributed by atoms with Crippen LogP contribution in [0.25, 0.3) is 16.7 Å². The van der Waals surface area contributed by atoms with Crippen molar-refractivity contribution in [2.75, 3.05) is 18.4 Å². The molecule has 1 aliphatic rings. The molecule has 2 N–H and O–H groups in total. The average molecular weight is 531 g/mol. The molecule has 1 aliphatic heterocycles. The number of likely N-dealkylation sites (tertiary alicyclic amines) is 1. The predicted molar refractivity (Wildman–Crippen MR) is 133 cm³/mol. The number of hydrogen-bond donors (Lipinski definition) is 2. The van der Waals surface area contributed by atoms with Crippen LogP contribution < -0.4 is 10.9 Å². The van der Waals surface area contributed by atoms with E-state index >= 15 is 8.78 Å². The first-order chi connectivity index (χ1) is 17.2. The Morgan fingerprint density at radius 3 is 2.75 bits per heavy atom. The van der Waals surface area contributed by atoms with E-state index in [4.69, 9.17) is 23.2 Å². The van der Waals surface area contributed by atoms with Crippen LogP contribution in [0.5, 0.6) is 0 Å². The number of nitrogens with one attached hydrogen (secondary N) is 2. The molecule has 5 rings (SSSR count). The number of fused-ring (bicyclic) bond motifs is 1. The molecule has 184 valence electrons. The molecule has 1 amide bonds. The zero-order chi connectivity index (χ0) is 25.6. The van der Waals surface area contributed by atoms with Crippen LogP contribution >= 0.6 is 23.2 Å². The maximum Gasteiger partial charge on any atom is 0.267 e. The normalized spacial score (nSPS) is 17.5.